The lowest BCUT2D eigenvalue weighted by Gasteiger charge is -2.26. The van der Waals surface area contributed by atoms with Gasteiger partial charge in [-0.05, 0) is 40.0 Å². The molecule has 0 spiro atoms. The predicted molar refractivity (Wildman–Crippen MR) is 71.9 cm³/mol. The van der Waals surface area contributed by atoms with E-state index in [-0.39, 0.29) is 31.0 Å². The molecule has 110 valence electrons. The van der Waals surface area contributed by atoms with Crippen LogP contribution in [0.4, 0.5) is 0 Å². The Bertz CT molecular complexity index is 317. The van der Waals surface area contributed by atoms with Gasteiger partial charge in [0.15, 0.2) is 0 Å². The van der Waals surface area contributed by atoms with Gasteiger partial charge < -0.3 is 14.7 Å². The molecule has 19 heavy (non-hydrogen) atoms. The SMILES string of the molecule is CC1CCC(CCC(=O)N(CCC(=O)O)C(C)C)O1. The van der Waals surface area contributed by atoms with Crippen molar-refractivity contribution < 1.29 is 19.4 Å². The van der Waals surface area contributed by atoms with Crippen LogP contribution < -0.4 is 0 Å². The fourth-order valence-electron chi connectivity index (χ4n) is 2.41. The molecule has 0 saturated carbocycles. The van der Waals surface area contributed by atoms with Gasteiger partial charge in [0.1, 0.15) is 0 Å². The standard InChI is InChI=1S/C14H25NO4/c1-10(2)15(9-8-14(17)18)13(16)7-6-12-5-4-11(3)19-12/h10-12H,4-9H2,1-3H3,(H,17,18). The van der Waals surface area contributed by atoms with Gasteiger partial charge in [-0.15, -0.1) is 0 Å². The van der Waals surface area contributed by atoms with Crippen molar-refractivity contribution in [1.82, 2.24) is 4.90 Å². The van der Waals surface area contributed by atoms with E-state index in [1.807, 2.05) is 13.8 Å². The number of carbonyl (C=O) groups is 2. The molecule has 1 rings (SSSR count). The molecule has 1 aliphatic rings. The van der Waals surface area contributed by atoms with E-state index in [2.05, 4.69) is 6.92 Å². The minimum Gasteiger partial charge on any atom is -0.481 e. The first-order valence-electron chi connectivity index (χ1n) is 7.07. The first-order chi connectivity index (χ1) is 8.90. The van der Waals surface area contributed by atoms with E-state index in [1.165, 1.54) is 0 Å². The van der Waals surface area contributed by atoms with Gasteiger partial charge in [0, 0.05) is 19.0 Å². The van der Waals surface area contributed by atoms with E-state index in [0.29, 0.717) is 12.5 Å². The Morgan fingerprint density at radius 3 is 2.47 bits per heavy atom. The van der Waals surface area contributed by atoms with Gasteiger partial charge in [-0.1, -0.05) is 0 Å². The quantitative estimate of drug-likeness (QED) is 0.769. The third kappa shape index (κ3) is 5.59. The maximum atomic E-state index is 12.1. The van der Waals surface area contributed by atoms with Gasteiger partial charge >= 0.3 is 5.97 Å². The van der Waals surface area contributed by atoms with Crippen molar-refractivity contribution in [3.63, 3.8) is 0 Å². The molecule has 1 fully saturated rings. The van der Waals surface area contributed by atoms with E-state index in [0.717, 1.165) is 19.3 Å². The van der Waals surface area contributed by atoms with Crippen LogP contribution in [-0.2, 0) is 14.3 Å². The molecule has 0 aliphatic carbocycles. The number of rotatable bonds is 7. The van der Waals surface area contributed by atoms with Gasteiger partial charge in [0.2, 0.25) is 5.91 Å². The third-order valence-corrected chi connectivity index (χ3v) is 3.51. The molecule has 2 atom stereocenters. The number of hydrogen-bond acceptors (Lipinski definition) is 3. The number of aliphatic carboxylic acids is 1. The lowest BCUT2D eigenvalue weighted by atomic mass is 10.1. The monoisotopic (exact) mass is 271 g/mol. The molecule has 1 N–H and O–H groups in total. The number of hydrogen-bond donors (Lipinski definition) is 1. The number of nitrogens with zero attached hydrogens (tertiary/aromatic N) is 1. The Kier molecular flexibility index (Phi) is 6.28. The Morgan fingerprint density at radius 1 is 1.32 bits per heavy atom. The smallest absolute Gasteiger partial charge is 0.305 e. The van der Waals surface area contributed by atoms with E-state index >= 15 is 0 Å². The van der Waals surface area contributed by atoms with Crippen LogP contribution in [0.25, 0.3) is 0 Å². The van der Waals surface area contributed by atoms with Crippen molar-refractivity contribution in [2.24, 2.45) is 0 Å². The van der Waals surface area contributed by atoms with E-state index in [9.17, 15) is 9.59 Å². The molecule has 1 amide bonds. The Morgan fingerprint density at radius 2 is 2.00 bits per heavy atom. The lowest BCUT2D eigenvalue weighted by molar-refractivity contribution is -0.139. The topological polar surface area (TPSA) is 66.8 Å². The third-order valence-electron chi connectivity index (χ3n) is 3.51. The molecule has 1 heterocycles. The Labute approximate surface area is 114 Å². The van der Waals surface area contributed by atoms with Crippen molar-refractivity contribution in [2.45, 2.75) is 71.1 Å². The van der Waals surface area contributed by atoms with Gasteiger partial charge in [-0.2, -0.15) is 0 Å². The summed E-state index contributed by atoms with van der Waals surface area (Å²) in [5.74, 6) is -0.842. The highest BCUT2D eigenvalue weighted by Crippen LogP contribution is 2.23. The summed E-state index contributed by atoms with van der Waals surface area (Å²) in [7, 11) is 0. The van der Waals surface area contributed by atoms with Gasteiger partial charge in [0.25, 0.3) is 0 Å². The molecule has 0 aromatic heterocycles. The van der Waals surface area contributed by atoms with E-state index in [4.69, 9.17) is 9.84 Å². The fourth-order valence-corrected chi connectivity index (χ4v) is 2.41. The van der Waals surface area contributed by atoms with Crippen LogP contribution in [0.2, 0.25) is 0 Å². The second kappa shape index (κ2) is 7.48. The van der Waals surface area contributed by atoms with Crippen molar-refractivity contribution in [1.29, 1.82) is 0 Å². The molecule has 5 nitrogen and oxygen atoms in total. The highest BCUT2D eigenvalue weighted by atomic mass is 16.5. The number of amides is 1. The van der Waals surface area contributed by atoms with E-state index in [1.54, 1.807) is 4.90 Å². The second-order valence-corrected chi connectivity index (χ2v) is 5.51. The van der Waals surface area contributed by atoms with Crippen LogP contribution >= 0.6 is 0 Å². The predicted octanol–water partition coefficient (Wildman–Crippen LogP) is 2.05. The average Bonchev–Trinajstić information content (AvgIpc) is 2.72. The maximum absolute atomic E-state index is 12.1. The minimum absolute atomic E-state index is 0.000876. The van der Waals surface area contributed by atoms with Gasteiger partial charge in [-0.25, -0.2) is 0 Å². The maximum Gasteiger partial charge on any atom is 0.305 e. The highest BCUT2D eigenvalue weighted by molar-refractivity contribution is 5.77. The molecule has 1 saturated heterocycles. The number of carbonyl (C=O) groups excluding carboxylic acids is 1. The molecule has 5 heteroatoms. The Balaban J connectivity index is 2.37. The molecule has 0 aromatic carbocycles. The summed E-state index contributed by atoms with van der Waals surface area (Å²) in [6, 6.07) is 0.0373. The minimum atomic E-state index is -0.869. The summed E-state index contributed by atoms with van der Waals surface area (Å²) in [6.45, 7) is 6.16. The van der Waals surface area contributed by atoms with Crippen molar-refractivity contribution in [2.75, 3.05) is 6.54 Å². The lowest BCUT2D eigenvalue weighted by Crippen LogP contribution is -2.38. The summed E-state index contributed by atoms with van der Waals surface area (Å²) in [5, 5.41) is 8.70. The summed E-state index contributed by atoms with van der Waals surface area (Å²) >= 11 is 0. The zero-order valence-electron chi connectivity index (χ0n) is 12.1. The Hall–Kier alpha value is -1.10. The zero-order valence-corrected chi connectivity index (χ0v) is 12.1. The molecule has 0 bridgehead atoms. The first-order valence-corrected chi connectivity index (χ1v) is 7.07. The summed E-state index contributed by atoms with van der Waals surface area (Å²) in [4.78, 5) is 24.4. The van der Waals surface area contributed by atoms with Crippen LogP contribution in [0.15, 0.2) is 0 Å². The molecule has 0 aromatic rings. The van der Waals surface area contributed by atoms with Crippen molar-refractivity contribution >= 4 is 11.9 Å². The van der Waals surface area contributed by atoms with Crippen LogP contribution in [0, 0.1) is 0 Å². The largest absolute Gasteiger partial charge is 0.481 e. The normalized spacial score (nSPS) is 22.7. The van der Waals surface area contributed by atoms with Crippen LogP contribution in [0.3, 0.4) is 0 Å². The van der Waals surface area contributed by atoms with E-state index < -0.39 is 5.97 Å². The molecular formula is C14H25NO4. The van der Waals surface area contributed by atoms with Crippen LogP contribution in [0.1, 0.15) is 52.9 Å². The number of ether oxygens (including phenoxy) is 1. The zero-order chi connectivity index (χ0) is 14.4. The highest BCUT2D eigenvalue weighted by Gasteiger charge is 2.24. The molecule has 0 radical (unpaired) electrons. The van der Waals surface area contributed by atoms with Crippen LogP contribution in [0.5, 0.6) is 0 Å². The number of carboxylic acids is 1. The summed E-state index contributed by atoms with van der Waals surface area (Å²) in [6.07, 6.45) is 3.74. The van der Waals surface area contributed by atoms with Crippen molar-refractivity contribution in [3.05, 3.63) is 0 Å². The van der Waals surface area contributed by atoms with Gasteiger partial charge in [0.05, 0.1) is 18.6 Å². The van der Waals surface area contributed by atoms with Crippen LogP contribution in [-0.4, -0.2) is 46.7 Å². The van der Waals surface area contributed by atoms with Crippen molar-refractivity contribution in [3.8, 4) is 0 Å². The molecule has 1 aliphatic heterocycles. The number of carboxylic acid groups (broad SMARTS) is 1. The molecule has 2 unspecified atom stereocenters. The average molecular weight is 271 g/mol. The fraction of sp³-hybridized carbons (Fsp3) is 0.857. The second-order valence-electron chi connectivity index (χ2n) is 5.51. The first kappa shape index (κ1) is 16.0. The summed E-state index contributed by atoms with van der Waals surface area (Å²) in [5.41, 5.74) is 0. The van der Waals surface area contributed by atoms with Gasteiger partial charge in [-0.3, -0.25) is 9.59 Å². The summed E-state index contributed by atoms with van der Waals surface area (Å²) < 4.78 is 5.69. The molecular weight excluding hydrogens is 246 g/mol.